The zero-order chi connectivity index (χ0) is 24.9. The monoisotopic (exact) mass is 470 g/mol. The van der Waals surface area contributed by atoms with Crippen molar-refractivity contribution in [3.8, 4) is 22.3 Å². The molecule has 0 radical (unpaired) electrons. The third kappa shape index (κ3) is 5.38. The van der Waals surface area contributed by atoms with Gasteiger partial charge in [0, 0.05) is 66.0 Å². The zero-order valence-electron chi connectivity index (χ0n) is 20.3. The fourth-order valence-corrected chi connectivity index (χ4v) is 3.98. The molecule has 180 valence electrons. The van der Waals surface area contributed by atoms with Crippen molar-refractivity contribution in [2.45, 2.75) is 39.8 Å². The van der Waals surface area contributed by atoms with Crippen LogP contribution in [0.1, 0.15) is 26.5 Å². The fourth-order valence-electron chi connectivity index (χ4n) is 3.98. The van der Waals surface area contributed by atoms with E-state index in [9.17, 15) is 9.59 Å². The van der Waals surface area contributed by atoms with Crippen LogP contribution in [0.5, 0.6) is 0 Å². The molecule has 0 aliphatic rings. The molecule has 8 heteroatoms. The average Bonchev–Trinajstić information content (AvgIpc) is 3.28. The Labute approximate surface area is 204 Å². The third-order valence-electron chi connectivity index (χ3n) is 5.81. The largest absolute Gasteiger partial charge is 0.346 e. The van der Waals surface area contributed by atoms with Crippen molar-refractivity contribution in [1.29, 1.82) is 0 Å². The summed E-state index contributed by atoms with van der Waals surface area (Å²) < 4.78 is 1.55. The summed E-state index contributed by atoms with van der Waals surface area (Å²) in [5.74, 6) is 0.0390. The van der Waals surface area contributed by atoms with Gasteiger partial charge in [0.1, 0.15) is 11.5 Å². The highest BCUT2D eigenvalue weighted by atomic mass is 16.2. The molecule has 4 aromatic rings. The predicted octanol–water partition coefficient (Wildman–Crippen LogP) is 4.14. The van der Waals surface area contributed by atoms with Gasteiger partial charge in [-0.05, 0) is 47.9 Å². The van der Waals surface area contributed by atoms with Crippen molar-refractivity contribution in [1.82, 2.24) is 24.8 Å². The van der Waals surface area contributed by atoms with Crippen LogP contribution in [0, 0.1) is 0 Å². The van der Waals surface area contributed by atoms with E-state index in [1.165, 1.54) is 6.08 Å². The quantitative estimate of drug-likeness (QED) is 0.319. The molecule has 0 bridgehead atoms. The first-order valence-corrected chi connectivity index (χ1v) is 11.7. The highest BCUT2D eigenvalue weighted by Crippen LogP contribution is 2.31. The Hall–Kier alpha value is -4.04. The van der Waals surface area contributed by atoms with Crippen molar-refractivity contribution in [2.75, 3.05) is 11.9 Å². The molecule has 0 aliphatic carbocycles. The molecular weight excluding hydrogens is 440 g/mol. The van der Waals surface area contributed by atoms with Gasteiger partial charge in [0.2, 0.25) is 5.91 Å². The molecule has 3 N–H and O–H groups in total. The van der Waals surface area contributed by atoms with Crippen LogP contribution in [-0.2, 0) is 17.8 Å². The van der Waals surface area contributed by atoms with E-state index < -0.39 is 0 Å². The number of hydrogen-bond acceptors (Lipinski definition) is 5. The van der Waals surface area contributed by atoms with Crippen LogP contribution in [0.25, 0.3) is 33.3 Å². The van der Waals surface area contributed by atoms with Crippen molar-refractivity contribution in [3.05, 3.63) is 77.6 Å². The summed E-state index contributed by atoms with van der Waals surface area (Å²) in [6.07, 6.45) is 7.51. The minimum Gasteiger partial charge on any atom is -0.346 e. The zero-order valence-corrected chi connectivity index (χ0v) is 20.3. The van der Waals surface area contributed by atoms with E-state index in [1.807, 2.05) is 38.4 Å². The van der Waals surface area contributed by atoms with Crippen molar-refractivity contribution < 1.29 is 4.79 Å². The number of pyridine rings is 3. The molecule has 4 heterocycles. The molecule has 0 saturated carbocycles. The van der Waals surface area contributed by atoms with Crippen LogP contribution in [-0.4, -0.2) is 38.0 Å². The SMILES string of the molecule is C=CC(=O)Nc1cc(-c2cnc3[nH]cc(-c4ccnc(CC)c4)c3c2)cc(=O)n1CCNC(C)C. The van der Waals surface area contributed by atoms with Crippen LogP contribution in [0.15, 0.2) is 66.4 Å². The number of rotatable bonds is 9. The van der Waals surface area contributed by atoms with E-state index >= 15 is 0 Å². The Balaban J connectivity index is 1.77. The molecular formula is C27H30N6O2. The van der Waals surface area contributed by atoms with E-state index in [1.54, 1.807) is 22.9 Å². The molecule has 4 rings (SSSR count). The number of carbonyl (C=O) groups is 1. The number of aromatic nitrogens is 4. The summed E-state index contributed by atoms with van der Waals surface area (Å²) in [5.41, 5.74) is 5.08. The number of hydrogen-bond donors (Lipinski definition) is 3. The highest BCUT2D eigenvalue weighted by Gasteiger charge is 2.14. The Morgan fingerprint density at radius 2 is 2.00 bits per heavy atom. The predicted molar refractivity (Wildman–Crippen MR) is 140 cm³/mol. The first-order valence-electron chi connectivity index (χ1n) is 11.7. The lowest BCUT2D eigenvalue weighted by molar-refractivity contribution is -0.111. The Kier molecular flexibility index (Phi) is 7.22. The Bertz CT molecular complexity index is 1430. The average molecular weight is 471 g/mol. The maximum absolute atomic E-state index is 13.1. The number of aryl methyl sites for hydroxylation is 1. The summed E-state index contributed by atoms with van der Waals surface area (Å²) in [4.78, 5) is 37.4. The number of amides is 1. The number of nitrogens with zero attached hydrogens (tertiary/aromatic N) is 3. The number of H-pyrrole nitrogens is 1. The molecule has 1 amide bonds. The van der Waals surface area contributed by atoms with Crippen molar-refractivity contribution in [2.24, 2.45) is 0 Å². The fraction of sp³-hybridized carbons (Fsp3) is 0.259. The topological polar surface area (TPSA) is 105 Å². The van der Waals surface area contributed by atoms with Gasteiger partial charge >= 0.3 is 0 Å². The van der Waals surface area contributed by atoms with Crippen LogP contribution in [0.3, 0.4) is 0 Å². The van der Waals surface area contributed by atoms with Crippen LogP contribution in [0.2, 0.25) is 0 Å². The van der Waals surface area contributed by atoms with E-state index in [2.05, 4.69) is 45.2 Å². The lowest BCUT2D eigenvalue weighted by atomic mass is 10.0. The summed E-state index contributed by atoms with van der Waals surface area (Å²) in [5, 5.41) is 7.02. The number of nitrogens with one attached hydrogen (secondary N) is 3. The second-order valence-corrected chi connectivity index (χ2v) is 8.63. The highest BCUT2D eigenvalue weighted by molar-refractivity contribution is 5.99. The summed E-state index contributed by atoms with van der Waals surface area (Å²) in [6, 6.07) is 9.73. The maximum atomic E-state index is 13.1. The summed E-state index contributed by atoms with van der Waals surface area (Å²) >= 11 is 0. The number of fused-ring (bicyclic) bond motifs is 1. The minimum absolute atomic E-state index is 0.205. The Morgan fingerprint density at radius 1 is 1.17 bits per heavy atom. The summed E-state index contributed by atoms with van der Waals surface area (Å²) in [6.45, 7) is 10.7. The molecule has 0 spiro atoms. The van der Waals surface area contributed by atoms with Crippen LogP contribution >= 0.6 is 0 Å². The lowest BCUT2D eigenvalue weighted by Gasteiger charge is -2.16. The van der Waals surface area contributed by atoms with Gasteiger partial charge in [0.05, 0.1) is 0 Å². The van der Waals surface area contributed by atoms with E-state index in [4.69, 9.17) is 0 Å². The smallest absolute Gasteiger partial charge is 0.252 e. The summed E-state index contributed by atoms with van der Waals surface area (Å²) in [7, 11) is 0. The molecule has 4 aromatic heterocycles. The number of anilines is 1. The lowest BCUT2D eigenvalue weighted by Crippen LogP contribution is -2.32. The molecule has 0 unspecified atom stereocenters. The van der Waals surface area contributed by atoms with Crippen molar-refractivity contribution in [3.63, 3.8) is 0 Å². The van der Waals surface area contributed by atoms with Gasteiger partial charge in [-0.3, -0.25) is 19.1 Å². The molecule has 0 atom stereocenters. The van der Waals surface area contributed by atoms with E-state index in [-0.39, 0.29) is 11.5 Å². The maximum Gasteiger partial charge on any atom is 0.252 e. The minimum atomic E-state index is -0.377. The van der Waals surface area contributed by atoms with Crippen molar-refractivity contribution >= 4 is 22.8 Å². The molecule has 0 fully saturated rings. The second-order valence-electron chi connectivity index (χ2n) is 8.63. The third-order valence-corrected chi connectivity index (χ3v) is 5.81. The molecule has 35 heavy (non-hydrogen) atoms. The van der Waals surface area contributed by atoms with Crippen LogP contribution < -0.4 is 16.2 Å². The second kappa shape index (κ2) is 10.5. The van der Waals surface area contributed by atoms with Gasteiger partial charge in [-0.1, -0.05) is 27.4 Å². The molecule has 8 nitrogen and oxygen atoms in total. The number of carbonyl (C=O) groups excluding carboxylic acids is 1. The Morgan fingerprint density at radius 3 is 2.74 bits per heavy atom. The van der Waals surface area contributed by atoms with Gasteiger partial charge in [-0.15, -0.1) is 0 Å². The van der Waals surface area contributed by atoms with Gasteiger partial charge in [-0.2, -0.15) is 0 Å². The van der Waals surface area contributed by atoms with E-state index in [0.29, 0.717) is 30.5 Å². The standard InChI is InChI=1S/C27H30N6O2/c1-5-21-11-18(7-8-29-21)23-16-31-27-22(23)12-20(15-30-27)19-13-24(32-25(34)6-2)33(26(35)14-19)10-9-28-17(3)4/h6-8,11-17,28H,2,5,9-10H2,1,3-4H3,(H,30,31)(H,32,34). The van der Waals surface area contributed by atoms with Gasteiger partial charge in [0.25, 0.3) is 5.56 Å². The van der Waals surface area contributed by atoms with E-state index in [0.717, 1.165) is 39.8 Å². The normalized spacial score (nSPS) is 11.2. The molecule has 0 aromatic carbocycles. The van der Waals surface area contributed by atoms with Gasteiger partial charge < -0.3 is 15.6 Å². The van der Waals surface area contributed by atoms with Crippen LogP contribution in [0.4, 0.5) is 5.82 Å². The number of aromatic amines is 1. The van der Waals surface area contributed by atoms with Gasteiger partial charge in [0.15, 0.2) is 0 Å². The molecule has 0 saturated heterocycles. The van der Waals surface area contributed by atoms with Gasteiger partial charge in [-0.25, -0.2) is 4.98 Å². The molecule has 0 aliphatic heterocycles. The first kappa shape index (κ1) is 24.1. The first-order chi connectivity index (χ1) is 16.9.